The predicted molar refractivity (Wildman–Crippen MR) is 74.2 cm³/mol. The zero-order valence-electron chi connectivity index (χ0n) is 10.2. The third-order valence-electron chi connectivity index (χ3n) is 2.73. The molecule has 1 aromatic rings. The fourth-order valence-corrected chi connectivity index (χ4v) is 2.71. The normalized spacial score (nSPS) is 17.7. The van der Waals surface area contributed by atoms with Crippen LogP contribution in [0.1, 0.15) is 21.0 Å². The summed E-state index contributed by atoms with van der Waals surface area (Å²) in [5, 5.41) is 8.46. The lowest BCUT2D eigenvalue weighted by Gasteiger charge is -2.11. The first-order valence-corrected chi connectivity index (χ1v) is 6.60. The number of terminal acetylenes is 1. The Hall–Kier alpha value is -2.04. The molecule has 1 unspecified atom stereocenters. The number of amides is 3. The first-order valence-electron chi connectivity index (χ1n) is 5.78. The molecular weight excluding hydrogens is 264 g/mol. The van der Waals surface area contributed by atoms with Crippen LogP contribution in [0.15, 0.2) is 6.07 Å². The molecule has 100 valence electrons. The molecule has 3 amide bonds. The Morgan fingerprint density at radius 1 is 1.58 bits per heavy atom. The average molecular weight is 278 g/mol. The molecule has 1 atom stereocenters. The van der Waals surface area contributed by atoms with E-state index >= 15 is 0 Å². The topological polar surface area (TPSA) is 96.2 Å². The van der Waals surface area contributed by atoms with Crippen molar-refractivity contribution in [1.29, 1.82) is 0 Å². The summed E-state index contributed by atoms with van der Waals surface area (Å²) in [5.74, 6) is 2.20. The first-order chi connectivity index (χ1) is 9.10. The SMILES string of the molecule is C#Cc1cc(NC(N)=O)c(C(=O)NC2CCNC2)s1. The molecule has 6 nitrogen and oxygen atoms in total. The number of hydrogen-bond acceptors (Lipinski definition) is 4. The van der Waals surface area contributed by atoms with Crippen LogP contribution >= 0.6 is 11.3 Å². The van der Waals surface area contributed by atoms with Crippen molar-refractivity contribution in [2.75, 3.05) is 18.4 Å². The Morgan fingerprint density at radius 2 is 2.37 bits per heavy atom. The van der Waals surface area contributed by atoms with Gasteiger partial charge in [0.1, 0.15) is 4.88 Å². The summed E-state index contributed by atoms with van der Waals surface area (Å²) in [6.07, 6.45) is 6.19. The van der Waals surface area contributed by atoms with Gasteiger partial charge in [-0.1, -0.05) is 5.92 Å². The van der Waals surface area contributed by atoms with Crippen molar-refractivity contribution in [2.45, 2.75) is 12.5 Å². The van der Waals surface area contributed by atoms with Gasteiger partial charge in [-0.2, -0.15) is 0 Å². The Balaban J connectivity index is 2.16. The van der Waals surface area contributed by atoms with Crippen LogP contribution in [0.4, 0.5) is 10.5 Å². The van der Waals surface area contributed by atoms with Crippen LogP contribution in [0.2, 0.25) is 0 Å². The van der Waals surface area contributed by atoms with Gasteiger partial charge >= 0.3 is 6.03 Å². The van der Waals surface area contributed by atoms with Gasteiger partial charge in [0.15, 0.2) is 0 Å². The smallest absolute Gasteiger partial charge is 0.316 e. The Morgan fingerprint density at radius 3 is 2.95 bits per heavy atom. The number of urea groups is 1. The largest absolute Gasteiger partial charge is 0.351 e. The molecule has 7 heteroatoms. The van der Waals surface area contributed by atoms with Crippen LogP contribution in [0.3, 0.4) is 0 Å². The maximum absolute atomic E-state index is 12.1. The zero-order valence-corrected chi connectivity index (χ0v) is 11.0. The Bertz CT molecular complexity index is 540. The van der Waals surface area contributed by atoms with Crippen molar-refractivity contribution in [3.8, 4) is 12.3 Å². The van der Waals surface area contributed by atoms with Gasteiger partial charge in [-0.05, 0) is 19.0 Å². The Labute approximate surface area is 114 Å². The number of carbonyl (C=O) groups excluding carboxylic acids is 2. The van der Waals surface area contributed by atoms with Crippen molar-refractivity contribution >= 4 is 29.0 Å². The number of nitrogens with two attached hydrogens (primary N) is 1. The van der Waals surface area contributed by atoms with E-state index in [9.17, 15) is 9.59 Å². The summed E-state index contributed by atoms with van der Waals surface area (Å²) in [7, 11) is 0. The van der Waals surface area contributed by atoms with Crippen molar-refractivity contribution in [3.63, 3.8) is 0 Å². The number of nitrogens with one attached hydrogen (secondary N) is 3. The number of hydrogen-bond donors (Lipinski definition) is 4. The Kier molecular flexibility index (Phi) is 4.04. The van der Waals surface area contributed by atoms with Gasteiger partial charge in [-0.3, -0.25) is 4.79 Å². The lowest BCUT2D eigenvalue weighted by atomic mass is 10.2. The third kappa shape index (κ3) is 3.24. The molecular formula is C12H14N4O2S. The molecule has 0 aromatic carbocycles. The molecule has 2 heterocycles. The van der Waals surface area contributed by atoms with Gasteiger partial charge in [-0.25, -0.2) is 4.79 Å². The molecule has 0 bridgehead atoms. The summed E-state index contributed by atoms with van der Waals surface area (Å²) in [6, 6.07) is 0.945. The van der Waals surface area contributed by atoms with Crippen LogP contribution in [-0.4, -0.2) is 31.1 Å². The van der Waals surface area contributed by atoms with Gasteiger partial charge in [-0.15, -0.1) is 17.8 Å². The van der Waals surface area contributed by atoms with Gasteiger partial charge in [0, 0.05) is 12.6 Å². The number of anilines is 1. The predicted octanol–water partition coefficient (Wildman–Crippen LogP) is 0.312. The van der Waals surface area contributed by atoms with E-state index in [2.05, 4.69) is 21.9 Å². The summed E-state index contributed by atoms with van der Waals surface area (Å²) in [6.45, 7) is 1.63. The minimum Gasteiger partial charge on any atom is -0.351 e. The lowest BCUT2D eigenvalue weighted by Crippen LogP contribution is -2.36. The van der Waals surface area contributed by atoms with E-state index in [0.717, 1.165) is 30.8 Å². The maximum Gasteiger partial charge on any atom is 0.316 e. The fraction of sp³-hybridized carbons (Fsp3) is 0.333. The van der Waals surface area contributed by atoms with Crippen LogP contribution in [0, 0.1) is 12.3 Å². The zero-order chi connectivity index (χ0) is 13.8. The number of rotatable bonds is 3. The van der Waals surface area contributed by atoms with Gasteiger partial charge in [0.25, 0.3) is 5.91 Å². The molecule has 0 saturated carbocycles. The standard InChI is InChI=1S/C12H14N4O2S/c1-2-8-5-9(16-12(13)18)10(19-8)11(17)15-7-3-4-14-6-7/h1,5,7,14H,3-4,6H2,(H,15,17)(H3,13,16,18). The van der Waals surface area contributed by atoms with Crippen LogP contribution in [0.25, 0.3) is 0 Å². The highest BCUT2D eigenvalue weighted by Gasteiger charge is 2.21. The molecule has 1 aliphatic rings. The van der Waals surface area contributed by atoms with E-state index in [-0.39, 0.29) is 11.9 Å². The van der Waals surface area contributed by atoms with Crippen LogP contribution < -0.4 is 21.7 Å². The molecule has 0 aliphatic carbocycles. The van der Waals surface area contributed by atoms with Crippen LogP contribution in [0.5, 0.6) is 0 Å². The van der Waals surface area contributed by atoms with E-state index in [1.54, 1.807) is 6.07 Å². The van der Waals surface area contributed by atoms with Crippen molar-refractivity contribution in [3.05, 3.63) is 15.8 Å². The fourth-order valence-electron chi connectivity index (χ4n) is 1.89. The molecule has 2 rings (SSSR count). The monoisotopic (exact) mass is 278 g/mol. The molecule has 1 aliphatic heterocycles. The summed E-state index contributed by atoms with van der Waals surface area (Å²) >= 11 is 1.15. The molecule has 1 aromatic heterocycles. The molecule has 1 saturated heterocycles. The summed E-state index contributed by atoms with van der Waals surface area (Å²) < 4.78 is 0. The van der Waals surface area contributed by atoms with E-state index in [1.165, 1.54) is 0 Å². The summed E-state index contributed by atoms with van der Waals surface area (Å²) in [4.78, 5) is 24.0. The van der Waals surface area contributed by atoms with E-state index in [1.807, 2.05) is 0 Å². The maximum atomic E-state index is 12.1. The second-order valence-corrected chi connectivity index (χ2v) is 5.20. The molecule has 0 radical (unpaired) electrons. The highest BCUT2D eigenvalue weighted by molar-refractivity contribution is 7.15. The van der Waals surface area contributed by atoms with E-state index in [0.29, 0.717) is 15.4 Å². The number of carbonyl (C=O) groups is 2. The van der Waals surface area contributed by atoms with Crippen molar-refractivity contribution < 1.29 is 9.59 Å². The molecule has 5 N–H and O–H groups in total. The minimum absolute atomic E-state index is 0.102. The quantitative estimate of drug-likeness (QED) is 0.599. The molecule has 1 fully saturated rings. The lowest BCUT2D eigenvalue weighted by molar-refractivity contribution is 0.0945. The van der Waals surface area contributed by atoms with Crippen molar-refractivity contribution in [2.24, 2.45) is 5.73 Å². The number of thiophene rings is 1. The van der Waals surface area contributed by atoms with Gasteiger partial charge in [0.2, 0.25) is 0 Å². The van der Waals surface area contributed by atoms with Crippen LogP contribution in [-0.2, 0) is 0 Å². The number of primary amides is 1. The van der Waals surface area contributed by atoms with E-state index in [4.69, 9.17) is 12.2 Å². The second-order valence-electron chi connectivity index (χ2n) is 4.15. The van der Waals surface area contributed by atoms with Gasteiger partial charge < -0.3 is 21.7 Å². The molecule has 19 heavy (non-hydrogen) atoms. The first kappa shape index (κ1) is 13.4. The van der Waals surface area contributed by atoms with Gasteiger partial charge in [0.05, 0.1) is 10.6 Å². The third-order valence-corrected chi connectivity index (χ3v) is 3.80. The molecule has 0 spiro atoms. The van der Waals surface area contributed by atoms with Crippen molar-refractivity contribution in [1.82, 2.24) is 10.6 Å². The average Bonchev–Trinajstić information content (AvgIpc) is 2.97. The second kappa shape index (κ2) is 5.73. The highest BCUT2D eigenvalue weighted by atomic mass is 32.1. The summed E-state index contributed by atoms with van der Waals surface area (Å²) in [5.41, 5.74) is 5.42. The highest BCUT2D eigenvalue weighted by Crippen LogP contribution is 2.26. The van der Waals surface area contributed by atoms with E-state index < -0.39 is 6.03 Å². The minimum atomic E-state index is -0.724.